The zero-order chi connectivity index (χ0) is 23.3. The van der Waals surface area contributed by atoms with E-state index in [0.29, 0.717) is 17.0 Å². The summed E-state index contributed by atoms with van der Waals surface area (Å²) in [5.41, 5.74) is 2.70. The molecule has 0 heterocycles. The molecular formula is C26H27BrN2O3. The molecule has 6 heteroatoms. The summed E-state index contributed by atoms with van der Waals surface area (Å²) < 4.78 is 6.78. The highest BCUT2D eigenvalue weighted by atomic mass is 79.9. The number of carbonyl (C=O) groups excluding carboxylic acids is 2. The predicted molar refractivity (Wildman–Crippen MR) is 133 cm³/mol. The number of anilines is 2. The average molecular weight is 495 g/mol. The molecule has 0 spiro atoms. The van der Waals surface area contributed by atoms with Gasteiger partial charge in [0.05, 0.1) is 0 Å². The normalized spacial score (nSPS) is 11.0. The molecule has 3 aromatic rings. The Bertz CT molecular complexity index is 1110. The molecule has 0 fully saturated rings. The molecule has 0 aliphatic carbocycles. The van der Waals surface area contributed by atoms with Crippen LogP contribution in [0.2, 0.25) is 0 Å². The summed E-state index contributed by atoms with van der Waals surface area (Å²) in [6.07, 6.45) is 0. The van der Waals surface area contributed by atoms with Gasteiger partial charge in [-0.15, -0.1) is 0 Å². The molecule has 0 unspecified atom stereocenters. The van der Waals surface area contributed by atoms with Crippen LogP contribution in [0.1, 0.15) is 36.7 Å². The number of amides is 2. The highest BCUT2D eigenvalue weighted by molar-refractivity contribution is 9.10. The zero-order valence-corrected chi connectivity index (χ0v) is 20.3. The maximum absolute atomic E-state index is 12.8. The first-order valence-corrected chi connectivity index (χ1v) is 11.1. The van der Waals surface area contributed by atoms with Crippen LogP contribution in [0.15, 0.2) is 77.3 Å². The lowest BCUT2D eigenvalue weighted by atomic mass is 9.86. The lowest BCUT2D eigenvalue weighted by Crippen LogP contribution is -2.26. The van der Waals surface area contributed by atoms with Gasteiger partial charge in [-0.2, -0.15) is 0 Å². The van der Waals surface area contributed by atoms with Crippen molar-refractivity contribution in [2.24, 2.45) is 0 Å². The van der Waals surface area contributed by atoms with Gasteiger partial charge in [0.1, 0.15) is 5.75 Å². The number of hydrogen-bond donors (Lipinski definition) is 1. The monoisotopic (exact) mass is 494 g/mol. The summed E-state index contributed by atoms with van der Waals surface area (Å²) in [7, 11) is 1.72. The third-order valence-electron chi connectivity index (χ3n) is 4.95. The fraction of sp³-hybridized carbons (Fsp3) is 0.231. The second kappa shape index (κ2) is 10.0. The van der Waals surface area contributed by atoms with Gasteiger partial charge in [-0.3, -0.25) is 9.59 Å². The maximum atomic E-state index is 12.8. The van der Waals surface area contributed by atoms with Gasteiger partial charge in [-0.1, -0.05) is 61.0 Å². The van der Waals surface area contributed by atoms with Gasteiger partial charge < -0.3 is 15.0 Å². The van der Waals surface area contributed by atoms with Crippen LogP contribution in [-0.4, -0.2) is 25.5 Å². The van der Waals surface area contributed by atoms with Crippen LogP contribution in [-0.2, 0) is 10.2 Å². The first kappa shape index (κ1) is 23.5. The van der Waals surface area contributed by atoms with Crippen molar-refractivity contribution in [1.82, 2.24) is 0 Å². The summed E-state index contributed by atoms with van der Waals surface area (Å²) in [5, 5.41) is 2.81. The quantitative estimate of drug-likeness (QED) is 0.454. The van der Waals surface area contributed by atoms with Crippen molar-refractivity contribution >= 4 is 39.1 Å². The van der Waals surface area contributed by atoms with Gasteiger partial charge in [0.25, 0.3) is 11.8 Å². The standard InChI is InChI=1S/C26H27BrN2O3/c1-26(2,3)22-16-19(27)13-14-23(22)32-17-24(30)28-20-10-8-9-18(15-20)25(31)29(4)21-11-6-5-7-12-21/h5-16H,17H2,1-4H3,(H,28,30). The molecule has 5 nitrogen and oxygen atoms in total. The number of nitrogens with zero attached hydrogens (tertiary/aromatic N) is 1. The second-order valence-corrected chi connectivity index (χ2v) is 9.42. The predicted octanol–water partition coefficient (Wildman–Crippen LogP) is 6.04. The van der Waals surface area contributed by atoms with Crippen LogP contribution in [0.4, 0.5) is 11.4 Å². The summed E-state index contributed by atoms with van der Waals surface area (Å²) in [6, 6.07) is 22.0. The van der Waals surface area contributed by atoms with Crippen LogP contribution in [0.3, 0.4) is 0 Å². The van der Waals surface area contributed by atoms with Crippen molar-refractivity contribution in [2.75, 3.05) is 23.9 Å². The summed E-state index contributed by atoms with van der Waals surface area (Å²) in [5.74, 6) is 0.214. The van der Waals surface area contributed by atoms with Crippen LogP contribution < -0.4 is 15.0 Å². The first-order chi connectivity index (χ1) is 15.1. The Labute approximate surface area is 197 Å². The minimum Gasteiger partial charge on any atom is -0.483 e. The van der Waals surface area contributed by atoms with Crippen molar-refractivity contribution < 1.29 is 14.3 Å². The zero-order valence-electron chi connectivity index (χ0n) is 18.7. The number of carbonyl (C=O) groups is 2. The molecule has 0 saturated heterocycles. The average Bonchev–Trinajstić information content (AvgIpc) is 2.77. The molecule has 0 saturated carbocycles. The second-order valence-electron chi connectivity index (χ2n) is 8.51. The van der Waals surface area contributed by atoms with Crippen molar-refractivity contribution in [3.8, 4) is 5.75 Å². The van der Waals surface area contributed by atoms with E-state index in [4.69, 9.17) is 4.74 Å². The van der Waals surface area contributed by atoms with Crippen molar-refractivity contribution in [1.29, 1.82) is 0 Å². The Morgan fingerprint density at radius 2 is 1.69 bits per heavy atom. The smallest absolute Gasteiger partial charge is 0.262 e. The number of hydrogen-bond acceptors (Lipinski definition) is 3. The summed E-state index contributed by atoms with van der Waals surface area (Å²) in [4.78, 5) is 26.9. The maximum Gasteiger partial charge on any atom is 0.262 e. The minimum absolute atomic E-state index is 0.130. The van der Waals surface area contributed by atoms with Gasteiger partial charge >= 0.3 is 0 Å². The summed E-state index contributed by atoms with van der Waals surface area (Å²) >= 11 is 3.49. The van der Waals surface area contributed by atoms with Gasteiger partial charge in [0, 0.05) is 34.0 Å². The Kier molecular flexibility index (Phi) is 7.36. The van der Waals surface area contributed by atoms with E-state index in [0.717, 1.165) is 15.7 Å². The molecule has 0 aliphatic heterocycles. The summed E-state index contributed by atoms with van der Waals surface area (Å²) in [6.45, 7) is 6.15. The van der Waals surface area contributed by atoms with Crippen molar-refractivity contribution in [2.45, 2.75) is 26.2 Å². The number of nitrogens with one attached hydrogen (secondary N) is 1. The van der Waals surface area contributed by atoms with E-state index < -0.39 is 0 Å². The fourth-order valence-corrected chi connectivity index (χ4v) is 3.61. The van der Waals surface area contributed by atoms with Crippen molar-refractivity contribution in [3.05, 3.63) is 88.4 Å². The number of benzene rings is 3. The number of ether oxygens (including phenoxy) is 1. The van der Waals surface area contributed by atoms with E-state index in [1.165, 1.54) is 0 Å². The molecule has 0 aromatic heterocycles. The van der Waals surface area contributed by atoms with E-state index in [9.17, 15) is 9.59 Å². The molecule has 166 valence electrons. The first-order valence-electron chi connectivity index (χ1n) is 10.3. The molecule has 2 amide bonds. The highest BCUT2D eigenvalue weighted by Crippen LogP contribution is 2.33. The highest BCUT2D eigenvalue weighted by Gasteiger charge is 2.20. The Hall–Kier alpha value is -3.12. The molecule has 1 N–H and O–H groups in total. The third kappa shape index (κ3) is 5.98. The minimum atomic E-state index is -0.297. The third-order valence-corrected chi connectivity index (χ3v) is 5.44. The van der Waals surface area contributed by atoms with Crippen LogP contribution in [0.25, 0.3) is 0 Å². The fourth-order valence-electron chi connectivity index (χ4n) is 3.25. The van der Waals surface area contributed by atoms with Gasteiger partial charge in [0.15, 0.2) is 6.61 Å². The molecule has 0 atom stereocenters. The number of rotatable bonds is 6. The molecule has 3 rings (SSSR count). The lowest BCUT2D eigenvalue weighted by Gasteiger charge is -2.23. The van der Waals surface area contributed by atoms with Crippen molar-refractivity contribution in [3.63, 3.8) is 0 Å². The van der Waals surface area contributed by atoms with Crippen LogP contribution in [0, 0.1) is 0 Å². The molecule has 32 heavy (non-hydrogen) atoms. The lowest BCUT2D eigenvalue weighted by molar-refractivity contribution is -0.118. The van der Waals surface area contributed by atoms with Gasteiger partial charge in [-0.05, 0) is 53.9 Å². The van der Waals surface area contributed by atoms with E-state index in [1.54, 1.807) is 36.2 Å². The number of halogens is 1. The molecule has 3 aromatic carbocycles. The molecule has 0 bridgehead atoms. The van der Waals surface area contributed by atoms with E-state index in [2.05, 4.69) is 42.0 Å². The SMILES string of the molecule is CN(C(=O)c1cccc(NC(=O)COc2ccc(Br)cc2C(C)(C)C)c1)c1ccccc1. The molecule has 0 radical (unpaired) electrons. The van der Waals surface area contributed by atoms with Gasteiger partial charge in [0.2, 0.25) is 0 Å². The molecular weight excluding hydrogens is 468 g/mol. The number of para-hydroxylation sites is 1. The Balaban J connectivity index is 1.66. The van der Waals surface area contributed by atoms with Gasteiger partial charge in [-0.25, -0.2) is 0 Å². The topological polar surface area (TPSA) is 58.6 Å². The van der Waals surface area contributed by atoms with Crippen LogP contribution >= 0.6 is 15.9 Å². The Morgan fingerprint density at radius 1 is 0.969 bits per heavy atom. The van der Waals surface area contributed by atoms with Crippen LogP contribution in [0.5, 0.6) is 5.75 Å². The van der Waals surface area contributed by atoms with E-state index in [1.807, 2.05) is 48.5 Å². The largest absolute Gasteiger partial charge is 0.483 e. The Morgan fingerprint density at radius 3 is 2.38 bits per heavy atom. The molecule has 0 aliphatic rings. The van der Waals surface area contributed by atoms with E-state index >= 15 is 0 Å². The van der Waals surface area contributed by atoms with E-state index in [-0.39, 0.29) is 23.8 Å².